The zero-order valence-corrected chi connectivity index (χ0v) is 12.7. The van der Waals surface area contributed by atoms with Crippen molar-refractivity contribution in [3.63, 3.8) is 0 Å². The number of benzene rings is 2. The van der Waals surface area contributed by atoms with E-state index in [1.807, 2.05) is 12.1 Å². The first-order chi connectivity index (χ1) is 10.3. The van der Waals surface area contributed by atoms with E-state index in [0.29, 0.717) is 24.8 Å². The molecule has 0 fully saturated rings. The third-order valence-electron chi connectivity index (χ3n) is 3.48. The quantitative estimate of drug-likeness (QED) is 0.771. The molecule has 0 radical (unpaired) electrons. The lowest BCUT2D eigenvalue weighted by Crippen LogP contribution is -2.25. The third kappa shape index (κ3) is 4.91. The summed E-state index contributed by atoms with van der Waals surface area (Å²) in [6, 6.07) is 20.8. The van der Waals surface area contributed by atoms with Crippen LogP contribution in [0.4, 0.5) is 0 Å². The standard InChI is InChI=1S/C18H20ClNO/c19-13-11-18(21)20-14-12-17(15-7-3-1-4-8-15)16-9-5-2-6-10-16/h1-10,17H,11-14H2,(H,20,21). The topological polar surface area (TPSA) is 29.1 Å². The van der Waals surface area contributed by atoms with Crippen molar-refractivity contribution >= 4 is 17.5 Å². The summed E-state index contributed by atoms with van der Waals surface area (Å²) in [6.45, 7) is 0.657. The van der Waals surface area contributed by atoms with E-state index in [1.165, 1.54) is 11.1 Å². The molecule has 0 aliphatic rings. The second kappa shape index (κ2) is 8.48. The van der Waals surface area contributed by atoms with Crippen LogP contribution in [0, 0.1) is 0 Å². The SMILES string of the molecule is O=C(CCCl)NCCC(c1ccccc1)c1ccccc1. The van der Waals surface area contributed by atoms with Crippen molar-refractivity contribution in [1.29, 1.82) is 0 Å². The molecular formula is C18H20ClNO. The number of rotatable bonds is 7. The highest BCUT2D eigenvalue weighted by atomic mass is 35.5. The van der Waals surface area contributed by atoms with Gasteiger partial charge >= 0.3 is 0 Å². The highest BCUT2D eigenvalue weighted by Crippen LogP contribution is 2.27. The van der Waals surface area contributed by atoms with Crippen LogP contribution in [-0.4, -0.2) is 18.3 Å². The van der Waals surface area contributed by atoms with Crippen molar-refractivity contribution in [2.75, 3.05) is 12.4 Å². The van der Waals surface area contributed by atoms with Crippen LogP contribution >= 0.6 is 11.6 Å². The van der Waals surface area contributed by atoms with Crippen LogP contribution in [0.2, 0.25) is 0 Å². The van der Waals surface area contributed by atoms with Crippen LogP contribution in [-0.2, 0) is 4.79 Å². The molecule has 110 valence electrons. The Bertz CT molecular complexity index is 502. The summed E-state index contributed by atoms with van der Waals surface area (Å²) in [4.78, 5) is 11.5. The maximum absolute atomic E-state index is 11.5. The van der Waals surface area contributed by atoms with E-state index in [0.717, 1.165) is 6.42 Å². The summed E-state index contributed by atoms with van der Waals surface area (Å²) in [7, 11) is 0. The number of nitrogens with one attached hydrogen (secondary N) is 1. The Kier molecular flexibility index (Phi) is 6.29. The van der Waals surface area contributed by atoms with Crippen molar-refractivity contribution in [3.8, 4) is 0 Å². The van der Waals surface area contributed by atoms with Crippen LogP contribution in [0.15, 0.2) is 60.7 Å². The first-order valence-corrected chi connectivity index (χ1v) is 7.77. The molecule has 3 heteroatoms. The van der Waals surface area contributed by atoms with Crippen LogP contribution in [0.1, 0.15) is 29.9 Å². The molecule has 0 bridgehead atoms. The number of hydrogen-bond acceptors (Lipinski definition) is 1. The molecule has 21 heavy (non-hydrogen) atoms. The van der Waals surface area contributed by atoms with E-state index in [4.69, 9.17) is 11.6 Å². The fraction of sp³-hybridized carbons (Fsp3) is 0.278. The molecule has 0 aromatic heterocycles. The molecule has 1 N–H and O–H groups in total. The van der Waals surface area contributed by atoms with Gasteiger partial charge in [0.2, 0.25) is 5.91 Å². The van der Waals surface area contributed by atoms with Gasteiger partial charge in [-0.3, -0.25) is 4.79 Å². The Hall–Kier alpha value is -1.80. The van der Waals surface area contributed by atoms with E-state index in [2.05, 4.69) is 53.8 Å². The number of carbonyl (C=O) groups excluding carboxylic acids is 1. The molecule has 2 aromatic rings. The average molecular weight is 302 g/mol. The molecule has 0 aliphatic heterocycles. The second-order valence-electron chi connectivity index (χ2n) is 4.95. The van der Waals surface area contributed by atoms with Gasteiger partial charge in [-0.25, -0.2) is 0 Å². The highest BCUT2D eigenvalue weighted by molar-refractivity contribution is 6.18. The smallest absolute Gasteiger partial charge is 0.221 e. The van der Waals surface area contributed by atoms with Crippen LogP contribution in [0.5, 0.6) is 0 Å². The van der Waals surface area contributed by atoms with E-state index in [-0.39, 0.29) is 5.91 Å². The Morgan fingerprint density at radius 1 is 0.952 bits per heavy atom. The predicted molar refractivity (Wildman–Crippen MR) is 87.7 cm³/mol. The minimum Gasteiger partial charge on any atom is -0.356 e. The minimum atomic E-state index is 0.0184. The summed E-state index contributed by atoms with van der Waals surface area (Å²) in [5.74, 6) is 0.681. The van der Waals surface area contributed by atoms with E-state index in [1.54, 1.807) is 0 Å². The molecular weight excluding hydrogens is 282 g/mol. The van der Waals surface area contributed by atoms with E-state index < -0.39 is 0 Å². The third-order valence-corrected chi connectivity index (χ3v) is 3.67. The summed E-state index contributed by atoms with van der Waals surface area (Å²) >= 11 is 5.57. The van der Waals surface area contributed by atoms with Gasteiger partial charge in [0.1, 0.15) is 0 Å². The largest absolute Gasteiger partial charge is 0.356 e. The van der Waals surface area contributed by atoms with Gasteiger partial charge in [-0.1, -0.05) is 60.7 Å². The fourth-order valence-corrected chi connectivity index (χ4v) is 2.60. The van der Waals surface area contributed by atoms with Gasteiger partial charge in [-0.15, -0.1) is 11.6 Å². The highest BCUT2D eigenvalue weighted by Gasteiger charge is 2.13. The molecule has 0 spiro atoms. The van der Waals surface area contributed by atoms with Crippen molar-refractivity contribution < 1.29 is 4.79 Å². The van der Waals surface area contributed by atoms with Crippen molar-refractivity contribution in [1.82, 2.24) is 5.32 Å². The minimum absolute atomic E-state index is 0.0184. The normalized spacial score (nSPS) is 10.6. The van der Waals surface area contributed by atoms with E-state index in [9.17, 15) is 4.79 Å². The number of alkyl halides is 1. The first kappa shape index (κ1) is 15.6. The van der Waals surface area contributed by atoms with Gasteiger partial charge in [0, 0.05) is 24.8 Å². The molecule has 2 nitrogen and oxygen atoms in total. The van der Waals surface area contributed by atoms with E-state index >= 15 is 0 Å². The maximum Gasteiger partial charge on any atom is 0.221 e. The Balaban J connectivity index is 2.05. The van der Waals surface area contributed by atoms with Gasteiger partial charge in [-0.05, 0) is 17.5 Å². The average Bonchev–Trinajstić information content (AvgIpc) is 2.53. The monoisotopic (exact) mass is 301 g/mol. The molecule has 0 heterocycles. The van der Waals surface area contributed by atoms with Crippen LogP contribution in [0.3, 0.4) is 0 Å². The summed E-state index contributed by atoms with van der Waals surface area (Å²) in [5, 5.41) is 2.93. The fourth-order valence-electron chi connectivity index (χ4n) is 2.43. The van der Waals surface area contributed by atoms with Crippen LogP contribution in [0.25, 0.3) is 0 Å². The molecule has 2 rings (SSSR count). The maximum atomic E-state index is 11.5. The Morgan fingerprint density at radius 3 is 1.95 bits per heavy atom. The summed E-state index contributed by atoms with van der Waals surface area (Å²) in [5.41, 5.74) is 2.55. The molecule has 0 atom stereocenters. The first-order valence-electron chi connectivity index (χ1n) is 7.24. The van der Waals surface area contributed by atoms with Gasteiger partial charge in [0.15, 0.2) is 0 Å². The van der Waals surface area contributed by atoms with Gasteiger partial charge in [-0.2, -0.15) is 0 Å². The summed E-state index contributed by atoms with van der Waals surface area (Å²) in [6.07, 6.45) is 1.25. The molecule has 1 amide bonds. The molecule has 0 saturated heterocycles. The molecule has 0 unspecified atom stereocenters. The number of carbonyl (C=O) groups is 1. The molecule has 2 aromatic carbocycles. The lowest BCUT2D eigenvalue weighted by Gasteiger charge is -2.18. The summed E-state index contributed by atoms with van der Waals surface area (Å²) < 4.78 is 0. The van der Waals surface area contributed by atoms with Gasteiger partial charge in [0.05, 0.1) is 0 Å². The number of amides is 1. The van der Waals surface area contributed by atoms with Crippen molar-refractivity contribution in [2.45, 2.75) is 18.8 Å². The second-order valence-corrected chi connectivity index (χ2v) is 5.33. The predicted octanol–water partition coefficient (Wildman–Crippen LogP) is 3.95. The lowest BCUT2D eigenvalue weighted by molar-refractivity contribution is -0.120. The molecule has 0 saturated carbocycles. The number of halogens is 1. The van der Waals surface area contributed by atoms with Crippen molar-refractivity contribution in [2.24, 2.45) is 0 Å². The Morgan fingerprint density at radius 2 is 1.48 bits per heavy atom. The zero-order chi connectivity index (χ0) is 14.9. The van der Waals surface area contributed by atoms with Gasteiger partial charge < -0.3 is 5.32 Å². The van der Waals surface area contributed by atoms with Gasteiger partial charge in [0.25, 0.3) is 0 Å². The lowest BCUT2D eigenvalue weighted by atomic mass is 9.88. The van der Waals surface area contributed by atoms with Crippen molar-refractivity contribution in [3.05, 3.63) is 71.8 Å². The number of hydrogen-bond donors (Lipinski definition) is 1. The Labute approximate surface area is 131 Å². The molecule has 0 aliphatic carbocycles. The zero-order valence-electron chi connectivity index (χ0n) is 12.0. The van der Waals surface area contributed by atoms with Crippen LogP contribution < -0.4 is 5.32 Å².